The molecule has 0 aliphatic carbocycles. The van der Waals surface area contributed by atoms with Crippen LogP contribution < -0.4 is 10.1 Å². The third kappa shape index (κ3) is 5.06. The number of anilines is 1. The Hall–Kier alpha value is -4.47. The molecule has 0 aliphatic rings. The first-order valence-electron chi connectivity index (χ1n) is 10.1. The summed E-state index contributed by atoms with van der Waals surface area (Å²) in [6.45, 7) is 1.90. The van der Waals surface area contributed by atoms with Gasteiger partial charge in [-0.1, -0.05) is 18.2 Å². The molecule has 168 valence electrons. The van der Waals surface area contributed by atoms with Crippen molar-refractivity contribution < 1.29 is 23.5 Å². The van der Waals surface area contributed by atoms with E-state index in [1.54, 1.807) is 25.3 Å². The average Bonchev–Trinajstić information content (AvgIpc) is 3.47. The number of para-hydroxylation sites is 1. The zero-order valence-corrected chi connectivity index (χ0v) is 17.6. The first kappa shape index (κ1) is 21.8. The van der Waals surface area contributed by atoms with Crippen LogP contribution in [0.1, 0.15) is 27.8 Å². The fourth-order valence-electron chi connectivity index (χ4n) is 2.99. The van der Waals surface area contributed by atoms with Gasteiger partial charge in [0.05, 0.1) is 18.5 Å². The molecule has 10 heteroatoms. The second-order valence-electron chi connectivity index (χ2n) is 6.80. The van der Waals surface area contributed by atoms with Crippen LogP contribution >= 0.6 is 0 Å². The normalized spacial score (nSPS) is 10.6. The van der Waals surface area contributed by atoms with Crippen molar-refractivity contribution in [3.05, 3.63) is 90.1 Å². The Morgan fingerprint density at radius 1 is 1.06 bits per heavy atom. The van der Waals surface area contributed by atoms with Crippen molar-refractivity contribution in [2.45, 2.75) is 13.7 Å². The van der Waals surface area contributed by atoms with E-state index in [1.807, 2.05) is 18.2 Å². The highest BCUT2D eigenvalue weighted by Gasteiger charge is 2.23. The van der Waals surface area contributed by atoms with Gasteiger partial charge in [0.2, 0.25) is 0 Å². The van der Waals surface area contributed by atoms with Crippen LogP contribution in [0.15, 0.2) is 73.1 Å². The largest absolute Gasteiger partial charge is 0.471 e. The summed E-state index contributed by atoms with van der Waals surface area (Å²) in [5.74, 6) is -0.880. The van der Waals surface area contributed by atoms with Gasteiger partial charge in [0, 0.05) is 6.20 Å². The summed E-state index contributed by atoms with van der Waals surface area (Å²) in [6.07, 6.45) is 2.91. The van der Waals surface area contributed by atoms with E-state index in [4.69, 9.17) is 9.47 Å². The van der Waals surface area contributed by atoms with Gasteiger partial charge in [-0.15, -0.1) is 0 Å². The summed E-state index contributed by atoms with van der Waals surface area (Å²) >= 11 is 0. The van der Waals surface area contributed by atoms with Crippen molar-refractivity contribution in [3.63, 3.8) is 0 Å². The summed E-state index contributed by atoms with van der Waals surface area (Å²) in [5, 5.41) is 11.1. The van der Waals surface area contributed by atoms with E-state index in [0.29, 0.717) is 11.4 Å². The number of nitrogens with zero attached hydrogens (tertiary/aromatic N) is 4. The van der Waals surface area contributed by atoms with E-state index in [9.17, 15) is 14.0 Å². The van der Waals surface area contributed by atoms with Gasteiger partial charge >= 0.3 is 5.97 Å². The number of ether oxygens (including phenoxy) is 2. The monoisotopic (exact) mass is 449 g/mol. The summed E-state index contributed by atoms with van der Waals surface area (Å²) in [7, 11) is 0. The van der Waals surface area contributed by atoms with E-state index in [-0.39, 0.29) is 36.2 Å². The van der Waals surface area contributed by atoms with Crippen molar-refractivity contribution in [1.82, 2.24) is 19.6 Å². The third-order valence-electron chi connectivity index (χ3n) is 4.55. The van der Waals surface area contributed by atoms with Gasteiger partial charge in [0.25, 0.3) is 5.91 Å². The van der Waals surface area contributed by atoms with Gasteiger partial charge in [-0.05, 0) is 49.4 Å². The van der Waals surface area contributed by atoms with Crippen LogP contribution in [0.4, 0.5) is 10.2 Å². The van der Waals surface area contributed by atoms with Gasteiger partial charge in [-0.3, -0.25) is 4.79 Å². The molecule has 0 spiro atoms. The number of hydrogen-bond donors (Lipinski definition) is 1. The Labute approximate surface area is 188 Å². The van der Waals surface area contributed by atoms with Crippen LogP contribution in [0.25, 0.3) is 5.69 Å². The van der Waals surface area contributed by atoms with Crippen LogP contribution in [0.5, 0.6) is 5.75 Å². The minimum absolute atomic E-state index is 0.0228. The number of carbonyl (C=O) groups is 2. The summed E-state index contributed by atoms with van der Waals surface area (Å²) < 4.78 is 26.5. The second-order valence-corrected chi connectivity index (χ2v) is 6.80. The number of carbonyl (C=O) groups excluding carboxylic acids is 2. The highest BCUT2D eigenvalue weighted by atomic mass is 19.1. The topological polar surface area (TPSA) is 100 Å². The van der Waals surface area contributed by atoms with Crippen molar-refractivity contribution in [2.75, 3.05) is 11.9 Å². The van der Waals surface area contributed by atoms with Gasteiger partial charge < -0.3 is 14.8 Å². The highest BCUT2D eigenvalue weighted by Crippen LogP contribution is 2.22. The quantitative estimate of drug-likeness (QED) is 0.412. The molecular weight excluding hydrogens is 429 g/mol. The Kier molecular flexibility index (Phi) is 6.44. The smallest absolute Gasteiger partial charge is 0.343 e. The van der Waals surface area contributed by atoms with Crippen LogP contribution in [0.2, 0.25) is 0 Å². The summed E-state index contributed by atoms with van der Waals surface area (Å²) in [4.78, 5) is 25.3. The molecule has 0 saturated carbocycles. The molecule has 1 N–H and O–H groups in total. The van der Waals surface area contributed by atoms with Crippen molar-refractivity contribution in [2.24, 2.45) is 0 Å². The standard InChI is InChI=1S/C23H20FN5O4/c1-2-32-23(31)19-14-25-29(17-6-4-3-5-7-17)21(19)26-22(30)20-12-13-28(27-20)15-33-18-10-8-16(24)9-11-18/h3-14H,2,15H2,1H3,(H,26,30). The third-order valence-corrected chi connectivity index (χ3v) is 4.55. The van der Waals surface area contributed by atoms with Crippen molar-refractivity contribution in [3.8, 4) is 11.4 Å². The molecule has 4 rings (SSSR count). The number of hydrogen-bond acceptors (Lipinski definition) is 6. The molecule has 1 amide bonds. The zero-order valence-electron chi connectivity index (χ0n) is 17.6. The summed E-state index contributed by atoms with van der Waals surface area (Å²) in [5.41, 5.74) is 0.878. The molecule has 2 aromatic carbocycles. The van der Waals surface area contributed by atoms with Gasteiger partial charge in [-0.2, -0.15) is 10.2 Å². The van der Waals surface area contributed by atoms with Gasteiger partial charge in [0.15, 0.2) is 18.2 Å². The predicted octanol–water partition coefficient (Wildman–Crippen LogP) is 3.67. The van der Waals surface area contributed by atoms with Crippen LogP contribution in [-0.4, -0.2) is 38.0 Å². The number of nitrogens with one attached hydrogen (secondary N) is 1. The number of amides is 1. The Bertz CT molecular complexity index is 1250. The number of halogens is 1. The van der Waals surface area contributed by atoms with Gasteiger partial charge in [-0.25, -0.2) is 18.5 Å². The number of aromatic nitrogens is 4. The molecule has 4 aromatic rings. The van der Waals surface area contributed by atoms with E-state index >= 15 is 0 Å². The lowest BCUT2D eigenvalue weighted by Crippen LogP contribution is -2.19. The van der Waals surface area contributed by atoms with E-state index in [1.165, 1.54) is 45.9 Å². The Morgan fingerprint density at radius 3 is 2.55 bits per heavy atom. The molecule has 0 radical (unpaired) electrons. The fraction of sp³-hybridized carbons (Fsp3) is 0.130. The van der Waals surface area contributed by atoms with Crippen molar-refractivity contribution >= 4 is 17.7 Å². The molecule has 0 fully saturated rings. The van der Waals surface area contributed by atoms with E-state index in [0.717, 1.165) is 0 Å². The highest BCUT2D eigenvalue weighted by molar-refractivity contribution is 6.06. The molecule has 2 aromatic heterocycles. The molecule has 2 heterocycles. The SMILES string of the molecule is CCOC(=O)c1cnn(-c2ccccc2)c1NC(=O)c1ccn(COc2ccc(F)cc2)n1. The second kappa shape index (κ2) is 9.77. The number of rotatable bonds is 8. The van der Waals surface area contributed by atoms with E-state index in [2.05, 4.69) is 15.5 Å². The Balaban J connectivity index is 1.52. The number of benzene rings is 2. The zero-order chi connectivity index (χ0) is 23.2. The molecule has 0 unspecified atom stereocenters. The fourth-order valence-corrected chi connectivity index (χ4v) is 2.99. The first-order chi connectivity index (χ1) is 16.0. The molecule has 9 nitrogen and oxygen atoms in total. The average molecular weight is 449 g/mol. The minimum atomic E-state index is -0.604. The molecule has 0 atom stereocenters. The maximum atomic E-state index is 13.0. The molecule has 33 heavy (non-hydrogen) atoms. The van der Waals surface area contributed by atoms with Crippen LogP contribution in [-0.2, 0) is 11.5 Å². The molecule has 0 aliphatic heterocycles. The maximum absolute atomic E-state index is 13.0. The number of esters is 1. The molecule has 0 bridgehead atoms. The first-order valence-corrected chi connectivity index (χ1v) is 10.1. The lowest BCUT2D eigenvalue weighted by molar-refractivity contribution is 0.0527. The Morgan fingerprint density at radius 2 is 1.82 bits per heavy atom. The molecule has 0 saturated heterocycles. The van der Waals surface area contributed by atoms with Crippen LogP contribution in [0, 0.1) is 5.82 Å². The lowest BCUT2D eigenvalue weighted by atomic mass is 10.3. The predicted molar refractivity (Wildman–Crippen MR) is 117 cm³/mol. The van der Waals surface area contributed by atoms with Gasteiger partial charge in [0.1, 0.15) is 17.1 Å². The minimum Gasteiger partial charge on any atom is -0.471 e. The van der Waals surface area contributed by atoms with Crippen molar-refractivity contribution in [1.29, 1.82) is 0 Å². The van der Waals surface area contributed by atoms with Crippen LogP contribution in [0.3, 0.4) is 0 Å². The lowest BCUT2D eigenvalue weighted by Gasteiger charge is -2.10. The summed E-state index contributed by atoms with van der Waals surface area (Å²) in [6, 6.07) is 16.1. The van der Waals surface area contributed by atoms with E-state index < -0.39 is 11.9 Å². The maximum Gasteiger partial charge on any atom is 0.343 e. The molecular formula is C23H20FN5O4.